The maximum absolute atomic E-state index is 5.14. The minimum absolute atomic E-state index is 0.555. The average Bonchev–Trinajstić information content (AvgIpc) is 2.33. The van der Waals surface area contributed by atoms with Crippen LogP contribution in [0.1, 0.15) is 19.4 Å². The summed E-state index contributed by atoms with van der Waals surface area (Å²) in [7, 11) is 1.75. The van der Waals surface area contributed by atoms with Gasteiger partial charge in [0.25, 0.3) is 0 Å². The molecule has 0 radical (unpaired) electrons. The van der Waals surface area contributed by atoms with Crippen LogP contribution in [0.2, 0.25) is 0 Å². The molecule has 0 spiro atoms. The summed E-state index contributed by atoms with van der Waals surface area (Å²) in [5.74, 6) is 0. The summed E-state index contributed by atoms with van der Waals surface area (Å²) < 4.78 is 5.14. The number of anilines is 1. The molecule has 1 aromatic carbocycles. The van der Waals surface area contributed by atoms with E-state index in [1.54, 1.807) is 7.11 Å². The molecule has 0 unspecified atom stereocenters. The van der Waals surface area contributed by atoms with Gasteiger partial charge >= 0.3 is 0 Å². The van der Waals surface area contributed by atoms with Gasteiger partial charge in [0.15, 0.2) is 0 Å². The first kappa shape index (κ1) is 15.0. The van der Waals surface area contributed by atoms with Crippen LogP contribution in [0.4, 0.5) is 5.69 Å². The Balaban J connectivity index is 2.34. The van der Waals surface area contributed by atoms with Gasteiger partial charge < -0.3 is 10.1 Å². The van der Waals surface area contributed by atoms with Crippen molar-refractivity contribution in [1.29, 1.82) is 0 Å². The molecule has 3 heteroatoms. The Morgan fingerprint density at radius 3 is 2.67 bits per heavy atom. The Labute approximate surface area is 111 Å². The van der Waals surface area contributed by atoms with Crippen LogP contribution in [0.15, 0.2) is 24.3 Å². The van der Waals surface area contributed by atoms with E-state index in [0.717, 1.165) is 26.2 Å². The lowest BCUT2D eigenvalue weighted by Gasteiger charge is -2.26. The monoisotopic (exact) mass is 250 g/mol. The van der Waals surface area contributed by atoms with E-state index in [9.17, 15) is 0 Å². The average molecular weight is 250 g/mol. The van der Waals surface area contributed by atoms with E-state index >= 15 is 0 Å². The van der Waals surface area contributed by atoms with E-state index in [4.69, 9.17) is 4.74 Å². The van der Waals surface area contributed by atoms with Gasteiger partial charge in [0.2, 0.25) is 0 Å². The fraction of sp³-hybridized carbons (Fsp3) is 0.600. The Hall–Kier alpha value is -1.06. The number of hydrogen-bond acceptors (Lipinski definition) is 3. The smallest absolute Gasteiger partial charge is 0.0589 e. The second-order valence-corrected chi connectivity index (χ2v) is 4.92. The normalized spacial score (nSPS) is 11.2. The first-order valence-corrected chi connectivity index (χ1v) is 6.67. The molecule has 0 bridgehead atoms. The summed E-state index contributed by atoms with van der Waals surface area (Å²) in [5, 5.41) is 3.46. The number of ether oxygens (including phenoxy) is 1. The van der Waals surface area contributed by atoms with Crippen LogP contribution in [0.3, 0.4) is 0 Å². The first-order chi connectivity index (χ1) is 8.63. The molecule has 1 rings (SSSR count). The maximum Gasteiger partial charge on any atom is 0.0589 e. The zero-order valence-electron chi connectivity index (χ0n) is 12.1. The van der Waals surface area contributed by atoms with Gasteiger partial charge in [-0.3, -0.25) is 4.90 Å². The Morgan fingerprint density at radius 2 is 2.06 bits per heavy atom. The molecular weight excluding hydrogens is 224 g/mol. The molecule has 1 aromatic rings. The summed E-state index contributed by atoms with van der Waals surface area (Å²) in [6.07, 6.45) is 0. The predicted octanol–water partition coefficient (Wildman–Crippen LogP) is 2.76. The van der Waals surface area contributed by atoms with Crippen molar-refractivity contribution in [2.24, 2.45) is 0 Å². The minimum Gasteiger partial charge on any atom is -0.384 e. The number of nitrogens with one attached hydrogen (secondary N) is 1. The summed E-state index contributed by atoms with van der Waals surface area (Å²) in [6.45, 7) is 10.3. The zero-order chi connectivity index (χ0) is 13.4. The summed E-state index contributed by atoms with van der Waals surface area (Å²) in [6, 6.07) is 9.04. The van der Waals surface area contributed by atoms with Crippen LogP contribution in [0, 0.1) is 6.92 Å². The van der Waals surface area contributed by atoms with Crippen molar-refractivity contribution in [3.8, 4) is 0 Å². The Kier molecular flexibility index (Phi) is 6.76. The van der Waals surface area contributed by atoms with E-state index < -0.39 is 0 Å². The molecule has 0 fully saturated rings. The van der Waals surface area contributed by atoms with E-state index in [0.29, 0.717) is 6.04 Å². The van der Waals surface area contributed by atoms with Gasteiger partial charge in [-0.15, -0.1) is 0 Å². The van der Waals surface area contributed by atoms with Crippen molar-refractivity contribution < 1.29 is 4.74 Å². The third-order valence-electron chi connectivity index (χ3n) is 3.06. The molecule has 18 heavy (non-hydrogen) atoms. The standard InChI is InChI=1S/C15H26N2O/c1-13(2)17(10-11-18-4)9-8-16-15-7-5-6-14(3)12-15/h5-7,12-13,16H,8-11H2,1-4H3. The van der Waals surface area contributed by atoms with Gasteiger partial charge in [-0.1, -0.05) is 12.1 Å². The molecule has 3 nitrogen and oxygen atoms in total. The van der Waals surface area contributed by atoms with Gasteiger partial charge in [-0.25, -0.2) is 0 Å². The number of nitrogens with zero attached hydrogens (tertiary/aromatic N) is 1. The van der Waals surface area contributed by atoms with Crippen molar-refractivity contribution in [3.05, 3.63) is 29.8 Å². The molecule has 0 aliphatic carbocycles. The fourth-order valence-corrected chi connectivity index (χ4v) is 1.94. The molecule has 0 aliphatic heterocycles. The number of benzene rings is 1. The van der Waals surface area contributed by atoms with E-state index in [2.05, 4.69) is 55.3 Å². The minimum atomic E-state index is 0.555. The van der Waals surface area contributed by atoms with Crippen LogP contribution in [0.25, 0.3) is 0 Å². The highest BCUT2D eigenvalue weighted by Crippen LogP contribution is 2.09. The molecule has 0 aliphatic rings. The van der Waals surface area contributed by atoms with Crippen LogP contribution in [-0.4, -0.2) is 44.3 Å². The Bertz CT molecular complexity index is 339. The van der Waals surface area contributed by atoms with Crippen molar-refractivity contribution >= 4 is 5.69 Å². The highest BCUT2D eigenvalue weighted by Gasteiger charge is 2.08. The van der Waals surface area contributed by atoms with Gasteiger partial charge in [-0.2, -0.15) is 0 Å². The first-order valence-electron chi connectivity index (χ1n) is 6.67. The third-order valence-corrected chi connectivity index (χ3v) is 3.06. The van der Waals surface area contributed by atoms with Crippen LogP contribution in [0.5, 0.6) is 0 Å². The van der Waals surface area contributed by atoms with E-state index in [-0.39, 0.29) is 0 Å². The zero-order valence-corrected chi connectivity index (χ0v) is 12.1. The molecule has 0 atom stereocenters. The number of hydrogen-bond donors (Lipinski definition) is 1. The van der Waals surface area contributed by atoms with E-state index in [1.165, 1.54) is 11.3 Å². The molecular formula is C15H26N2O. The van der Waals surface area contributed by atoms with Crippen LogP contribution >= 0.6 is 0 Å². The summed E-state index contributed by atoms with van der Waals surface area (Å²) in [4.78, 5) is 2.42. The number of aryl methyl sites for hydroxylation is 1. The van der Waals surface area contributed by atoms with Gasteiger partial charge in [0, 0.05) is 38.5 Å². The van der Waals surface area contributed by atoms with Crippen LogP contribution in [-0.2, 0) is 4.74 Å². The fourth-order valence-electron chi connectivity index (χ4n) is 1.94. The molecule has 0 aromatic heterocycles. The molecule has 0 saturated heterocycles. The molecule has 1 N–H and O–H groups in total. The lowest BCUT2D eigenvalue weighted by Crippen LogP contribution is -2.37. The van der Waals surface area contributed by atoms with Crippen molar-refractivity contribution in [2.75, 3.05) is 38.7 Å². The SMILES string of the molecule is COCCN(CCNc1cccc(C)c1)C(C)C. The quantitative estimate of drug-likeness (QED) is 0.768. The van der Waals surface area contributed by atoms with Gasteiger partial charge in [0.1, 0.15) is 0 Å². The second kappa shape index (κ2) is 8.11. The van der Waals surface area contributed by atoms with Crippen LogP contribution < -0.4 is 5.32 Å². The second-order valence-electron chi connectivity index (χ2n) is 4.92. The van der Waals surface area contributed by atoms with Crippen molar-refractivity contribution in [3.63, 3.8) is 0 Å². The largest absolute Gasteiger partial charge is 0.384 e. The number of rotatable bonds is 8. The molecule has 102 valence electrons. The molecule has 0 amide bonds. The predicted molar refractivity (Wildman–Crippen MR) is 78.3 cm³/mol. The van der Waals surface area contributed by atoms with Crippen molar-refractivity contribution in [2.45, 2.75) is 26.8 Å². The Morgan fingerprint density at radius 1 is 1.28 bits per heavy atom. The highest BCUT2D eigenvalue weighted by molar-refractivity contribution is 5.45. The van der Waals surface area contributed by atoms with E-state index in [1.807, 2.05) is 0 Å². The van der Waals surface area contributed by atoms with Gasteiger partial charge in [0.05, 0.1) is 6.61 Å². The van der Waals surface area contributed by atoms with Gasteiger partial charge in [-0.05, 0) is 38.5 Å². The topological polar surface area (TPSA) is 24.5 Å². The maximum atomic E-state index is 5.14. The lowest BCUT2D eigenvalue weighted by molar-refractivity contribution is 0.132. The molecule has 0 heterocycles. The number of methoxy groups -OCH3 is 1. The third kappa shape index (κ3) is 5.52. The lowest BCUT2D eigenvalue weighted by atomic mass is 10.2. The summed E-state index contributed by atoms with van der Waals surface area (Å²) >= 11 is 0. The highest BCUT2D eigenvalue weighted by atomic mass is 16.5. The van der Waals surface area contributed by atoms with Crippen molar-refractivity contribution in [1.82, 2.24) is 4.90 Å². The summed E-state index contributed by atoms with van der Waals surface area (Å²) in [5.41, 5.74) is 2.49. The molecule has 0 saturated carbocycles.